The van der Waals surface area contributed by atoms with Crippen LogP contribution in [0, 0.1) is 19.7 Å². The molecular formula is C20H24ClFN3O+. The van der Waals surface area contributed by atoms with Gasteiger partial charge in [0, 0.05) is 11.4 Å². The lowest BCUT2D eigenvalue weighted by atomic mass is 10.1. The second-order valence-corrected chi connectivity index (χ2v) is 7.22. The minimum absolute atomic E-state index is 0.0114. The number of piperazine rings is 1. The van der Waals surface area contributed by atoms with Crippen LogP contribution in [0.25, 0.3) is 0 Å². The van der Waals surface area contributed by atoms with Gasteiger partial charge in [0.1, 0.15) is 5.82 Å². The molecule has 2 aromatic rings. The summed E-state index contributed by atoms with van der Waals surface area (Å²) in [5.74, 6) is -0.569. The van der Waals surface area contributed by atoms with Crippen molar-refractivity contribution in [2.45, 2.75) is 13.8 Å². The van der Waals surface area contributed by atoms with Crippen molar-refractivity contribution >= 4 is 28.9 Å². The standard InChI is InChI=1S/C20H23ClFN3O/c1-14-4-3-5-19(15(14)2)25-10-8-24(9-11-25)13-20(26)23-16-6-7-18(22)17(21)12-16/h3-7,12H,8-11,13H2,1-2H3,(H,23,26)/p+1. The largest absolute Gasteiger partial charge is 0.360 e. The molecule has 0 aliphatic carbocycles. The SMILES string of the molecule is Cc1cccc(N2CC[NH+](CC(=O)Nc3ccc(F)c(Cl)c3)CC2)c1C. The first-order valence-corrected chi connectivity index (χ1v) is 9.21. The highest BCUT2D eigenvalue weighted by Gasteiger charge is 2.23. The summed E-state index contributed by atoms with van der Waals surface area (Å²) < 4.78 is 13.2. The first-order chi connectivity index (χ1) is 12.4. The van der Waals surface area contributed by atoms with E-state index in [4.69, 9.17) is 11.6 Å². The fourth-order valence-electron chi connectivity index (χ4n) is 3.32. The van der Waals surface area contributed by atoms with E-state index < -0.39 is 5.82 Å². The van der Waals surface area contributed by atoms with Crippen molar-refractivity contribution < 1.29 is 14.1 Å². The quantitative estimate of drug-likeness (QED) is 0.860. The van der Waals surface area contributed by atoms with E-state index in [-0.39, 0.29) is 10.9 Å². The smallest absolute Gasteiger partial charge is 0.279 e. The summed E-state index contributed by atoms with van der Waals surface area (Å²) in [6.45, 7) is 8.35. The van der Waals surface area contributed by atoms with Crippen molar-refractivity contribution in [1.82, 2.24) is 0 Å². The maximum absolute atomic E-state index is 13.2. The summed E-state index contributed by atoms with van der Waals surface area (Å²) in [5, 5.41) is 2.80. The zero-order valence-corrected chi connectivity index (χ0v) is 15.9. The number of quaternary nitrogens is 1. The predicted octanol–water partition coefficient (Wildman–Crippen LogP) is 2.44. The zero-order valence-electron chi connectivity index (χ0n) is 15.1. The van der Waals surface area contributed by atoms with E-state index in [0.29, 0.717) is 12.2 Å². The molecule has 0 bridgehead atoms. The van der Waals surface area contributed by atoms with Gasteiger partial charge >= 0.3 is 0 Å². The van der Waals surface area contributed by atoms with Crippen LogP contribution < -0.4 is 15.1 Å². The molecule has 1 aliphatic heterocycles. The lowest BCUT2D eigenvalue weighted by Crippen LogP contribution is -3.15. The van der Waals surface area contributed by atoms with Gasteiger partial charge in [-0.2, -0.15) is 0 Å². The molecule has 0 radical (unpaired) electrons. The number of nitrogens with one attached hydrogen (secondary N) is 2. The Morgan fingerprint density at radius 3 is 2.65 bits per heavy atom. The molecule has 0 atom stereocenters. The van der Waals surface area contributed by atoms with E-state index in [1.165, 1.54) is 39.9 Å². The fraction of sp³-hybridized carbons (Fsp3) is 0.350. The van der Waals surface area contributed by atoms with E-state index in [1.807, 2.05) is 0 Å². The van der Waals surface area contributed by atoms with Gasteiger partial charge in [-0.15, -0.1) is 0 Å². The van der Waals surface area contributed by atoms with Crippen LogP contribution in [-0.4, -0.2) is 38.6 Å². The molecule has 26 heavy (non-hydrogen) atoms. The first-order valence-electron chi connectivity index (χ1n) is 8.83. The van der Waals surface area contributed by atoms with Crippen molar-refractivity contribution in [2.24, 2.45) is 0 Å². The topological polar surface area (TPSA) is 36.8 Å². The van der Waals surface area contributed by atoms with Crippen molar-refractivity contribution in [3.05, 3.63) is 58.4 Å². The minimum Gasteiger partial charge on any atom is -0.360 e. The number of anilines is 2. The van der Waals surface area contributed by atoms with Crippen LogP contribution in [0.4, 0.5) is 15.8 Å². The van der Waals surface area contributed by atoms with Gasteiger partial charge in [0.15, 0.2) is 6.54 Å². The molecule has 0 aromatic heterocycles. The molecule has 0 saturated carbocycles. The van der Waals surface area contributed by atoms with Gasteiger partial charge < -0.3 is 15.1 Å². The molecule has 0 spiro atoms. The van der Waals surface area contributed by atoms with Crippen molar-refractivity contribution in [3.8, 4) is 0 Å². The first kappa shape index (κ1) is 18.7. The molecule has 4 nitrogen and oxygen atoms in total. The monoisotopic (exact) mass is 376 g/mol. The number of carbonyl (C=O) groups excluding carboxylic acids is 1. The third-order valence-electron chi connectivity index (χ3n) is 5.00. The van der Waals surface area contributed by atoms with Gasteiger partial charge in [-0.1, -0.05) is 23.7 Å². The van der Waals surface area contributed by atoms with Crippen LogP contribution in [0.2, 0.25) is 5.02 Å². The normalized spacial score (nSPS) is 15.2. The predicted molar refractivity (Wildman–Crippen MR) is 104 cm³/mol. The Morgan fingerprint density at radius 1 is 1.23 bits per heavy atom. The molecule has 0 unspecified atom stereocenters. The molecule has 6 heteroatoms. The number of halogens is 2. The lowest BCUT2D eigenvalue weighted by Gasteiger charge is -2.34. The molecular weight excluding hydrogens is 353 g/mol. The average Bonchev–Trinajstić information content (AvgIpc) is 2.61. The summed E-state index contributed by atoms with van der Waals surface area (Å²) in [5.41, 5.74) is 4.43. The van der Waals surface area contributed by atoms with Gasteiger partial charge in [-0.25, -0.2) is 4.39 Å². The molecule has 1 saturated heterocycles. The number of nitrogens with zero attached hydrogens (tertiary/aromatic N) is 1. The maximum Gasteiger partial charge on any atom is 0.279 e. The molecule has 2 aromatic carbocycles. The highest BCUT2D eigenvalue weighted by Crippen LogP contribution is 2.22. The van der Waals surface area contributed by atoms with Crippen LogP contribution in [0.15, 0.2) is 36.4 Å². The summed E-state index contributed by atoms with van der Waals surface area (Å²) in [6, 6.07) is 10.6. The molecule has 1 fully saturated rings. The van der Waals surface area contributed by atoms with E-state index in [9.17, 15) is 9.18 Å². The van der Waals surface area contributed by atoms with Crippen molar-refractivity contribution in [3.63, 3.8) is 0 Å². The number of rotatable bonds is 4. The van der Waals surface area contributed by atoms with Crippen LogP contribution in [0.3, 0.4) is 0 Å². The number of amides is 1. The summed E-state index contributed by atoms with van der Waals surface area (Å²) in [4.78, 5) is 15.9. The number of hydrogen-bond donors (Lipinski definition) is 2. The zero-order chi connectivity index (χ0) is 18.7. The van der Waals surface area contributed by atoms with Gasteiger partial charge in [0.2, 0.25) is 0 Å². The van der Waals surface area contributed by atoms with Gasteiger partial charge in [-0.3, -0.25) is 4.79 Å². The van der Waals surface area contributed by atoms with Crippen LogP contribution >= 0.6 is 11.6 Å². The van der Waals surface area contributed by atoms with Gasteiger partial charge in [0.05, 0.1) is 31.2 Å². The summed E-state index contributed by atoms with van der Waals surface area (Å²) in [6.07, 6.45) is 0. The minimum atomic E-state index is -0.488. The molecule has 3 rings (SSSR count). The Balaban J connectivity index is 1.52. The highest BCUT2D eigenvalue weighted by atomic mass is 35.5. The van der Waals surface area contributed by atoms with Crippen molar-refractivity contribution in [2.75, 3.05) is 42.9 Å². The van der Waals surface area contributed by atoms with Gasteiger partial charge in [0.25, 0.3) is 5.91 Å². The Labute approximate surface area is 158 Å². The maximum atomic E-state index is 13.2. The second-order valence-electron chi connectivity index (χ2n) is 6.81. The molecule has 1 heterocycles. The van der Waals surface area contributed by atoms with E-state index >= 15 is 0 Å². The number of aryl methyl sites for hydroxylation is 1. The van der Waals surface area contributed by atoms with Crippen LogP contribution in [-0.2, 0) is 4.79 Å². The fourth-order valence-corrected chi connectivity index (χ4v) is 3.51. The van der Waals surface area contributed by atoms with E-state index in [1.54, 1.807) is 0 Å². The summed E-state index contributed by atoms with van der Waals surface area (Å²) in [7, 11) is 0. The third kappa shape index (κ3) is 4.34. The average molecular weight is 377 g/mol. The Bertz CT molecular complexity index is 804. The van der Waals surface area contributed by atoms with Gasteiger partial charge in [-0.05, 0) is 49.2 Å². The summed E-state index contributed by atoms with van der Waals surface area (Å²) >= 11 is 5.75. The van der Waals surface area contributed by atoms with Crippen LogP contribution in [0.1, 0.15) is 11.1 Å². The Hall–Kier alpha value is -2.11. The van der Waals surface area contributed by atoms with E-state index in [0.717, 1.165) is 26.2 Å². The van der Waals surface area contributed by atoms with E-state index in [2.05, 4.69) is 42.3 Å². The third-order valence-corrected chi connectivity index (χ3v) is 5.29. The Morgan fingerprint density at radius 2 is 1.96 bits per heavy atom. The number of carbonyl (C=O) groups is 1. The lowest BCUT2D eigenvalue weighted by molar-refractivity contribution is -0.892. The molecule has 2 N–H and O–H groups in total. The van der Waals surface area contributed by atoms with Crippen LogP contribution in [0.5, 0.6) is 0 Å². The second kappa shape index (κ2) is 8.06. The molecule has 1 aliphatic rings. The number of benzene rings is 2. The highest BCUT2D eigenvalue weighted by molar-refractivity contribution is 6.31. The molecule has 1 amide bonds. The van der Waals surface area contributed by atoms with Crippen molar-refractivity contribution in [1.29, 1.82) is 0 Å². The molecule has 138 valence electrons. The number of hydrogen-bond acceptors (Lipinski definition) is 2. The Kier molecular flexibility index (Phi) is 5.79.